The van der Waals surface area contributed by atoms with Crippen LogP contribution in [0.3, 0.4) is 0 Å². The summed E-state index contributed by atoms with van der Waals surface area (Å²) in [6.07, 6.45) is 2.03. The van der Waals surface area contributed by atoms with Crippen molar-refractivity contribution in [2.45, 2.75) is 6.42 Å². The second-order valence-electron chi connectivity index (χ2n) is 5.47. The first-order valence-corrected chi connectivity index (χ1v) is 8.75. The highest BCUT2D eigenvalue weighted by molar-refractivity contribution is 9.10. The van der Waals surface area contributed by atoms with Gasteiger partial charge in [0.2, 0.25) is 0 Å². The van der Waals surface area contributed by atoms with Crippen molar-refractivity contribution < 1.29 is 19.4 Å². The molecule has 0 aliphatic carbocycles. The number of phenols is 1. The Morgan fingerprint density at radius 1 is 1.32 bits per heavy atom. The Bertz CT molecular complexity index is 633. The second kappa shape index (κ2) is 10.1. The van der Waals surface area contributed by atoms with E-state index in [9.17, 15) is 14.7 Å². The van der Waals surface area contributed by atoms with Crippen molar-refractivity contribution in [3.05, 3.63) is 28.2 Å². The summed E-state index contributed by atoms with van der Waals surface area (Å²) in [4.78, 5) is 25.6. The van der Waals surface area contributed by atoms with Gasteiger partial charge in [-0.05, 0) is 31.2 Å². The Kier molecular flexibility index (Phi) is 7.83. The SMILES string of the molecule is O=C(NCCCN1CCOCC1)C(=O)N/N=C/c1cc(Br)ccc1O. The number of aromatic hydroxyl groups is 1. The number of benzene rings is 1. The van der Waals surface area contributed by atoms with Crippen LogP contribution in [0.1, 0.15) is 12.0 Å². The van der Waals surface area contributed by atoms with E-state index in [4.69, 9.17) is 4.74 Å². The number of nitrogens with zero attached hydrogens (tertiary/aromatic N) is 2. The Morgan fingerprint density at radius 2 is 2.08 bits per heavy atom. The van der Waals surface area contributed by atoms with E-state index in [1.807, 2.05) is 0 Å². The van der Waals surface area contributed by atoms with Crippen LogP contribution in [0.15, 0.2) is 27.8 Å². The number of nitrogens with one attached hydrogen (secondary N) is 2. The number of carbonyl (C=O) groups is 2. The zero-order valence-corrected chi connectivity index (χ0v) is 15.3. The number of rotatable bonds is 6. The molecule has 0 aromatic heterocycles. The molecule has 3 N–H and O–H groups in total. The zero-order chi connectivity index (χ0) is 18.1. The van der Waals surface area contributed by atoms with Crippen molar-refractivity contribution in [3.8, 4) is 5.75 Å². The van der Waals surface area contributed by atoms with Crippen molar-refractivity contribution in [2.24, 2.45) is 5.10 Å². The summed E-state index contributed by atoms with van der Waals surface area (Å²) in [6.45, 7) is 4.53. The third-order valence-electron chi connectivity index (χ3n) is 3.61. The predicted molar refractivity (Wildman–Crippen MR) is 96.4 cm³/mol. The fourth-order valence-corrected chi connectivity index (χ4v) is 2.63. The molecule has 1 aliphatic heterocycles. The maximum atomic E-state index is 11.7. The van der Waals surface area contributed by atoms with Crippen LogP contribution >= 0.6 is 15.9 Å². The van der Waals surface area contributed by atoms with Gasteiger partial charge in [0.1, 0.15) is 5.75 Å². The van der Waals surface area contributed by atoms with Crippen molar-refractivity contribution in [3.63, 3.8) is 0 Å². The van der Waals surface area contributed by atoms with Crippen LogP contribution in [0.25, 0.3) is 0 Å². The lowest BCUT2D eigenvalue weighted by Crippen LogP contribution is -2.40. The first-order chi connectivity index (χ1) is 12.1. The number of amides is 2. The van der Waals surface area contributed by atoms with Gasteiger partial charge in [-0.25, -0.2) is 5.43 Å². The molecule has 25 heavy (non-hydrogen) atoms. The Morgan fingerprint density at radius 3 is 2.84 bits per heavy atom. The first kappa shape index (κ1) is 19.4. The smallest absolute Gasteiger partial charge is 0.329 e. The van der Waals surface area contributed by atoms with Gasteiger partial charge in [-0.2, -0.15) is 5.10 Å². The third-order valence-corrected chi connectivity index (χ3v) is 4.10. The summed E-state index contributed by atoms with van der Waals surface area (Å²) in [5.41, 5.74) is 2.55. The lowest BCUT2D eigenvalue weighted by molar-refractivity contribution is -0.139. The molecule has 0 saturated carbocycles. The predicted octanol–water partition coefficient (Wildman–Crippen LogP) is 0.443. The van der Waals surface area contributed by atoms with E-state index in [0.29, 0.717) is 12.1 Å². The number of carbonyl (C=O) groups excluding carboxylic acids is 2. The molecule has 0 radical (unpaired) electrons. The molecular formula is C16H21BrN4O4. The molecule has 2 rings (SSSR count). The van der Waals surface area contributed by atoms with Gasteiger partial charge in [-0.1, -0.05) is 15.9 Å². The van der Waals surface area contributed by atoms with Crippen LogP contribution in [-0.2, 0) is 14.3 Å². The van der Waals surface area contributed by atoms with Crippen molar-refractivity contribution >= 4 is 34.0 Å². The minimum absolute atomic E-state index is 0.0220. The Hall–Kier alpha value is -1.97. The van der Waals surface area contributed by atoms with E-state index in [-0.39, 0.29) is 5.75 Å². The molecular weight excluding hydrogens is 392 g/mol. The highest BCUT2D eigenvalue weighted by atomic mass is 79.9. The number of morpholine rings is 1. The van der Waals surface area contributed by atoms with Gasteiger partial charge in [0, 0.05) is 29.7 Å². The van der Waals surface area contributed by atoms with E-state index in [0.717, 1.165) is 43.7 Å². The number of phenolic OH excluding ortho intramolecular Hbond substituents is 1. The normalized spacial score (nSPS) is 15.2. The van der Waals surface area contributed by atoms with E-state index in [1.54, 1.807) is 12.1 Å². The molecule has 1 aliphatic rings. The number of hydrogen-bond acceptors (Lipinski definition) is 6. The molecule has 8 nitrogen and oxygen atoms in total. The first-order valence-electron chi connectivity index (χ1n) is 7.96. The van der Waals surface area contributed by atoms with E-state index in [1.165, 1.54) is 12.3 Å². The summed E-state index contributed by atoms with van der Waals surface area (Å²) in [5, 5.41) is 15.9. The second-order valence-corrected chi connectivity index (χ2v) is 6.38. The quantitative estimate of drug-likeness (QED) is 0.272. The van der Waals surface area contributed by atoms with Crippen LogP contribution in [0, 0.1) is 0 Å². The molecule has 2 amide bonds. The highest BCUT2D eigenvalue weighted by Crippen LogP contribution is 2.19. The Labute approximate surface area is 154 Å². The van der Waals surface area contributed by atoms with Gasteiger partial charge in [-0.15, -0.1) is 0 Å². The summed E-state index contributed by atoms with van der Waals surface area (Å²) >= 11 is 3.27. The minimum atomic E-state index is -0.850. The molecule has 1 fully saturated rings. The van der Waals surface area contributed by atoms with E-state index < -0.39 is 11.8 Å². The number of halogens is 1. The molecule has 1 aromatic rings. The molecule has 0 unspecified atom stereocenters. The van der Waals surface area contributed by atoms with Gasteiger partial charge in [0.05, 0.1) is 19.4 Å². The molecule has 0 bridgehead atoms. The minimum Gasteiger partial charge on any atom is -0.507 e. The maximum Gasteiger partial charge on any atom is 0.329 e. The number of ether oxygens (including phenoxy) is 1. The fraction of sp³-hybridized carbons (Fsp3) is 0.438. The molecule has 0 spiro atoms. The largest absolute Gasteiger partial charge is 0.507 e. The maximum absolute atomic E-state index is 11.7. The molecule has 136 valence electrons. The highest BCUT2D eigenvalue weighted by Gasteiger charge is 2.13. The third kappa shape index (κ3) is 6.81. The van der Waals surface area contributed by atoms with Gasteiger partial charge in [0.15, 0.2) is 0 Å². The molecule has 1 heterocycles. The van der Waals surface area contributed by atoms with Crippen LogP contribution < -0.4 is 10.7 Å². The summed E-state index contributed by atoms with van der Waals surface area (Å²) in [7, 11) is 0. The summed E-state index contributed by atoms with van der Waals surface area (Å²) < 4.78 is 6.02. The van der Waals surface area contributed by atoms with Crippen molar-refractivity contribution in [2.75, 3.05) is 39.4 Å². The lowest BCUT2D eigenvalue weighted by Gasteiger charge is -2.26. The Balaban J connectivity index is 1.66. The van der Waals surface area contributed by atoms with Crippen molar-refractivity contribution in [1.82, 2.24) is 15.6 Å². The van der Waals surface area contributed by atoms with Crippen LogP contribution in [-0.4, -0.2) is 67.4 Å². The zero-order valence-electron chi connectivity index (χ0n) is 13.7. The van der Waals surface area contributed by atoms with Crippen molar-refractivity contribution in [1.29, 1.82) is 0 Å². The molecule has 1 saturated heterocycles. The summed E-state index contributed by atoms with van der Waals surface area (Å²) in [6, 6.07) is 4.81. The lowest BCUT2D eigenvalue weighted by atomic mass is 10.2. The van der Waals surface area contributed by atoms with Crippen LogP contribution in [0.4, 0.5) is 0 Å². The van der Waals surface area contributed by atoms with Gasteiger partial charge in [0.25, 0.3) is 0 Å². The van der Waals surface area contributed by atoms with E-state index in [2.05, 4.69) is 36.7 Å². The van der Waals surface area contributed by atoms with Crippen LogP contribution in [0.5, 0.6) is 5.75 Å². The fourth-order valence-electron chi connectivity index (χ4n) is 2.25. The monoisotopic (exact) mass is 412 g/mol. The molecule has 1 aromatic carbocycles. The average molecular weight is 413 g/mol. The number of hydrazone groups is 1. The van der Waals surface area contributed by atoms with Crippen LogP contribution in [0.2, 0.25) is 0 Å². The van der Waals surface area contributed by atoms with Gasteiger partial charge in [-0.3, -0.25) is 14.5 Å². The average Bonchev–Trinajstić information content (AvgIpc) is 2.62. The van der Waals surface area contributed by atoms with E-state index >= 15 is 0 Å². The number of hydrogen-bond donors (Lipinski definition) is 3. The molecule has 9 heteroatoms. The van der Waals surface area contributed by atoms with Gasteiger partial charge >= 0.3 is 11.8 Å². The summed E-state index contributed by atoms with van der Waals surface area (Å²) in [5.74, 6) is -1.57. The molecule has 0 atom stereocenters. The van der Waals surface area contributed by atoms with Gasteiger partial charge < -0.3 is 15.2 Å². The topological polar surface area (TPSA) is 103 Å². The standard InChI is InChI=1S/C16H21BrN4O4/c17-13-2-3-14(22)12(10-13)11-19-20-16(24)15(23)18-4-1-5-21-6-8-25-9-7-21/h2-3,10-11,22H,1,4-9H2,(H,18,23)(H,20,24)/b19-11+.